The summed E-state index contributed by atoms with van der Waals surface area (Å²) in [7, 11) is 1.74. The predicted octanol–water partition coefficient (Wildman–Crippen LogP) is -0.0456. The van der Waals surface area contributed by atoms with Gasteiger partial charge in [-0.05, 0) is 12.8 Å². The lowest BCUT2D eigenvalue weighted by Gasteiger charge is -2.23. The van der Waals surface area contributed by atoms with Gasteiger partial charge < -0.3 is 14.7 Å². The number of hydrogen-bond donors (Lipinski definition) is 1. The van der Waals surface area contributed by atoms with E-state index in [0.29, 0.717) is 19.6 Å². The molecule has 2 aliphatic rings. The Balaban J connectivity index is 1.88. The third kappa shape index (κ3) is 1.97. The van der Waals surface area contributed by atoms with Crippen molar-refractivity contribution in [3.05, 3.63) is 0 Å². The number of carbonyl (C=O) groups excluding carboxylic acids is 1. The first kappa shape index (κ1) is 10.4. The highest BCUT2D eigenvalue weighted by Crippen LogP contribution is 2.40. The quantitative estimate of drug-likeness (QED) is 0.714. The monoisotopic (exact) mass is 213 g/mol. The maximum Gasteiger partial charge on any atom is 0.307 e. The third-order valence-corrected chi connectivity index (χ3v) is 3.23. The van der Waals surface area contributed by atoms with Gasteiger partial charge in [0.15, 0.2) is 0 Å². The molecule has 0 bridgehead atoms. The topological polar surface area (TPSA) is 66.8 Å². The molecular weight excluding hydrogens is 198 g/mol. The molecule has 84 valence electrons. The van der Waals surface area contributed by atoms with Crippen molar-refractivity contribution < 1.29 is 19.4 Å². The number of likely N-dealkylation sites (N-methyl/N-ethyl adjacent to an activating group) is 1. The summed E-state index contributed by atoms with van der Waals surface area (Å²) >= 11 is 0. The zero-order chi connectivity index (χ0) is 11.0. The van der Waals surface area contributed by atoms with Crippen LogP contribution in [0.15, 0.2) is 0 Å². The molecule has 0 aromatic heterocycles. The minimum Gasteiger partial charge on any atom is -0.481 e. The van der Waals surface area contributed by atoms with Crippen LogP contribution < -0.4 is 0 Å². The molecule has 1 N–H and O–H groups in total. The van der Waals surface area contributed by atoms with E-state index in [9.17, 15) is 9.59 Å². The zero-order valence-electron chi connectivity index (χ0n) is 8.68. The van der Waals surface area contributed by atoms with Gasteiger partial charge in [0.1, 0.15) is 0 Å². The lowest BCUT2D eigenvalue weighted by molar-refractivity contribution is -0.142. The van der Waals surface area contributed by atoms with Crippen LogP contribution in [0.5, 0.6) is 0 Å². The minimum atomic E-state index is -0.857. The standard InChI is InChI=1S/C10H15NO4/c1-11(6-2-3-15-5-6)9(12)7-4-8(7)10(13)14/h6-8H,2-5H2,1H3,(H,13,14)/t6?,7-,8+/m1/s1. The molecule has 0 aromatic carbocycles. The summed E-state index contributed by atoms with van der Waals surface area (Å²) < 4.78 is 5.19. The molecule has 1 aliphatic heterocycles. The molecule has 1 unspecified atom stereocenters. The Labute approximate surface area is 88.0 Å². The van der Waals surface area contributed by atoms with Crippen LogP contribution in [-0.4, -0.2) is 48.2 Å². The Kier molecular flexibility index (Phi) is 2.65. The summed E-state index contributed by atoms with van der Waals surface area (Å²) in [5.41, 5.74) is 0. The van der Waals surface area contributed by atoms with E-state index in [1.165, 1.54) is 0 Å². The maximum absolute atomic E-state index is 11.8. The van der Waals surface area contributed by atoms with E-state index in [1.54, 1.807) is 11.9 Å². The summed E-state index contributed by atoms with van der Waals surface area (Å²) in [6.07, 6.45) is 1.35. The van der Waals surface area contributed by atoms with E-state index >= 15 is 0 Å². The van der Waals surface area contributed by atoms with Gasteiger partial charge in [0.25, 0.3) is 0 Å². The van der Waals surface area contributed by atoms with E-state index < -0.39 is 11.9 Å². The van der Waals surface area contributed by atoms with Gasteiger partial charge in [-0.3, -0.25) is 9.59 Å². The van der Waals surface area contributed by atoms with Gasteiger partial charge in [0.2, 0.25) is 5.91 Å². The highest BCUT2D eigenvalue weighted by molar-refractivity contribution is 5.89. The molecule has 1 saturated carbocycles. The Hall–Kier alpha value is -1.10. The minimum absolute atomic E-state index is 0.0436. The Morgan fingerprint density at radius 2 is 2.13 bits per heavy atom. The van der Waals surface area contributed by atoms with Crippen molar-refractivity contribution in [1.82, 2.24) is 4.90 Å². The molecule has 1 aliphatic carbocycles. The van der Waals surface area contributed by atoms with E-state index in [4.69, 9.17) is 9.84 Å². The molecule has 15 heavy (non-hydrogen) atoms. The fraction of sp³-hybridized carbons (Fsp3) is 0.800. The number of ether oxygens (including phenoxy) is 1. The van der Waals surface area contributed by atoms with Crippen LogP contribution in [0, 0.1) is 11.8 Å². The number of nitrogens with zero attached hydrogens (tertiary/aromatic N) is 1. The summed E-state index contributed by atoms with van der Waals surface area (Å²) in [5.74, 6) is -1.65. The Morgan fingerprint density at radius 1 is 1.40 bits per heavy atom. The summed E-state index contributed by atoms with van der Waals surface area (Å²) in [6.45, 7) is 1.27. The molecule has 0 spiro atoms. The largest absolute Gasteiger partial charge is 0.481 e. The van der Waals surface area contributed by atoms with Crippen LogP contribution in [0.1, 0.15) is 12.8 Å². The van der Waals surface area contributed by atoms with Crippen LogP contribution in [0.4, 0.5) is 0 Å². The molecule has 1 heterocycles. The Bertz CT molecular complexity index is 285. The number of hydrogen-bond acceptors (Lipinski definition) is 3. The summed E-state index contributed by atoms with van der Waals surface area (Å²) in [5, 5.41) is 8.72. The van der Waals surface area contributed by atoms with Crippen molar-refractivity contribution in [2.75, 3.05) is 20.3 Å². The van der Waals surface area contributed by atoms with Gasteiger partial charge in [-0.1, -0.05) is 0 Å². The number of aliphatic carboxylic acids is 1. The van der Waals surface area contributed by atoms with E-state index in [1.807, 2.05) is 0 Å². The van der Waals surface area contributed by atoms with Crippen LogP contribution in [0.2, 0.25) is 0 Å². The molecule has 2 rings (SSSR count). The first-order valence-electron chi connectivity index (χ1n) is 5.18. The van der Waals surface area contributed by atoms with Crippen LogP contribution in [0.3, 0.4) is 0 Å². The SMILES string of the molecule is CN(C(=O)[C@@H]1C[C@@H]1C(=O)O)C1CCOC1. The lowest BCUT2D eigenvalue weighted by Crippen LogP contribution is -2.38. The Morgan fingerprint density at radius 3 is 2.60 bits per heavy atom. The highest BCUT2D eigenvalue weighted by Gasteiger charge is 2.50. The van der Waals surface area contributed by atoms with Gasteiger partial charge in [-0.2, -0.15) is 0 Å². The molecule has 5 nitrogen and oxygen atoms in total. The number of carboxylic acids is 1. The van der Waals surface area contributed by atoms with Crippen molar-refractivity contribution in [2.45, 2.75) is 18.9 Å². The molecule has 0 radical (unpaired) electrons. The van der Waals surface area contributed by atoms with Crippen molar-refractivity contribution in [2.24, 2.45) is 11.8 Å². The van der Waals surface area contributed by atoms with Crippen molar-refractivity contribution in [3.8, 4) is 0 Å². The second-order valence-corrected chi connectivity index (χ2v) is 4.25. The predicted molar refractivity (Wildman–Crippen MR) is 51.2 cm³/mol. The van der Waals surface area contributed by atoms with Crippen LogP contribution >= 0.6 is 0 Å². The molecular formula is C10H15NO4. The summed E-state index contributed by atoms with van der Waals surface area (Å²) in [6, 6.07) is 0.132. The molecule has 5 heteroatoms. The second kappa shape index (κ2) is 3.81. The smallest absolute Gasteiger partial charge is 0.307 e. The van der Waals surface area contributed by atoms with Crippen LogP contribution in [0.25, 0.3) is 0 Å². The average Bonchev–Trinajstić information content (AvgIpc) is 2.83. The van der Waals surface area contributed by atoms with Crippen molar-refractivity contribution >= 4 is 11.9 Å². The molecule has 0 aromatic rings. The fourth-order valence-electron chi connectivity index (χ4n) is 2.01. The fourth-order valence-corrected chi connectivity index (χ4v) is 2.01. The van der Waals surface area contributed by atoms with Crippen LogP contribution in [-0.2, 0) is 14.3 Å². The molecule has 1 amide bonds. The van der Waals surface area contributed by atoms with Gasteiger partial charge >= 0.3 is 5.97 Å². The molecule has 2 fully saturated rings. The third-order valence-electron chi connectivity index (χ3n) is 3.23. The first-order valence-corrected chi connectivity index (χ1v) is 5.18. The van der Waals surface area contributed by atoms with Crippen molar-refractivity contribution in [3.63, 3.8) is 0 Å². The number of amides is 1. The van der Waals surface area contributed by atoms with E-state index in [2.05, 4.69) is 0 Å². The zero-order valence-corrected chi connectivity index (χ0v) is 8.68. The number of carboxylic acid groups (broad SMARTS) is 1. The molecule has 3 atom stereocenters. The van der Waals surface area contributed by atoms with Crippen molar-refractivity contribution in [1.29, 1.82) is 0 Å². The van der Waals surface area contributed by atoms with E-state index in [0.717, 1.165) is 6.42 Å². The molecule has 1 saturated heterocycles. The second-order valence-electron chi connectivity index (χ2n) is 4.25. The lowest BCUT2D eigenvalue weighted by atomic mass is 10.2. The van der Waals surface area contributed by atoms with Gasteiger partial charge in [0, 0.05) is 13.7 Å². The number of rotatable bonds is 3. The van der Waals surface area contributed by atoms with Gasteiger partial charge in [-0.25, -0.2) is 0 Å². The first-order chi connectivity index (χ1) is 7.11. The van der Waals surface area contributed by atoms with Gasteiger partial charge in [0.05, 0.1) is 24.5 Å². The maximum atomic E-state index is 11.8. The number of carbonyl (C=O) groups is 2. The normalized spacial score (nSPS) is 33.8. The van der Waals surface area contributed by atoms with E-state index in [-0.39, 0.29) is 17.9 Å². The highest BCUT2D eigenvalue weighted by atomic mass is 16.5. The summed E-state index contributed by atoms with van der Waals surface area (Å²) in [4.78, 5) is 24.1. The van der Waals surface area contributed by atoms with Gasteiger partial charge in [-0.15, -0.1) is 0 Å². The average molecular weight is 213 g/mol.